The Balaban J connectivity index is 0.00000210. The molecule has 0 unspecified atom stereocenters. The van der Waals surface area contributed by atoms with Crippen molar-refractivity contribution in [2.45, 2.75) is 12.8 Å². The first-order valence-corrected chi connectivity index (χ1v) is 8.98. The summed E-state index contributed by atoms with van der Waals surface area (Å²) in [4.78, 5) is 28.4. The largest absolute Gasteiger partial charge is 0.398 e. The van der Waals surface area contributed by atoms with Crippen LogP contribution >= 0.6 is 24.0 Å². The number of nitrogens with one attached hydrogen (secondary N) is 1. The minimum Gasteiger partial charge on any atom is -0.398 e. The number of nitrogens with two attached hydrogens (primary N) is 1. The summed E-state index contributed by atoms with van der Waals surface area (Å²) in [5, 5.41) is 3.19. The molecule has 0 atom stereocenters. The van der Waals surface area contributed by atoms with Crippen LogP contribution < -0.4 is 20.9 Å². The number of urea groups is 1. The van der Waals surface area contributed by atoms with Crippen LogP contribution in [0.2, 0.25) is 5.02 Å². The van der Waals surface area contributed by atoms with E-state index in [2.05, 4.69) is 5.32 Å². The molecule has 2 aromatic carbocycles. The van der Waals surface area contributed by atoms with Gasteiger partial charge in [0, 0.05) is 36.6 Å². The number of halogens is 2. The third-order valence-corrected chi connectivity index (χ3v) is 5.19. The third kappa shape index (κ3) is 3.42. The molecule has 2 aromatic rings. The van der Waals surface area contributed by atoms with E-state index in [0.29, 0.717) is 41.6 Å². The molecule has 3 amide bonds. The number of fused-ring (bicyclic) bond motifs is 1. The number of carbonyl (C=O) groups excluding carboxylic acids is 2. The Morgan fingerprint density at radius 1 is 1.15 bits per heavy atom. The molecule has 2 heterocycles. The number of rotatable bonds is 2. The molecule has 0 aromatic heterocycles. The molecule has 6 nitrogen and oxygen atoms in total. The lowest BCUT2D eigenvalue weighted by Gasteiger charge is -2.30. The van der Waals surface area contributed by atoms with Crippen LogP contribution in [-0.2, 0) is 6.42 Å². The SMILES string of the molecule is Cl.Nc1cccc2c1CCCN2C(=O)c1ccc(Cl)c(N2CCNC2=O)c1. The molecule has 1 fully saturated rings. The van der Waals surface area contributed by atoms with Crippen LogP contribution in [0.1, 0.15) is 22.3 Å². The van der Waals surface area contributed by atoms with Gasteiger partial charge >= 0.3 is 6.03 Å². The second-order valence-electron chi connectivity index (χ2n) is 6.46. The quantitative estimate of drug-likeness (QED) is 0.749. The van der Waals surface area contributed by atoms with Crippen molar-refractivity contribution in [2.24, 2.45) is 0 Å². The second kappa shape index (κ2) is 7.66. The highest BCUT2D eigenvalue weighted by Crippen LogP contribution is 2.34. The molecule has 8 heteroatoms. The number of nitrogen functional groups attached to an aromatic ring is 1. The number of carbonyl (C=O) groups is 2. The Hall–Kier alpha value is -2.44. The van der Waals surface area contributed by atoms with Gasteiger partial charge in [0.1, 0.15) is 0 Å². The molecule has 27 heavy (non-hydrogen) atoms. The topological polar surface area (TPSA) is 78.7 Å². The standard InChI is InChI=1S/C19H19ClN4O2.ClH/c20-14-7-6-12(11-17(14)24-10-8-22-19(24)26)18(25)23-9-2-3-13-15(21)4-1-5-16(13)23;/h1,4-7,11H,2-3,8-10,21H2,(H,22,26);1H. The van der Waals surface area contributed by atoms with Gasteiger partial charge in [-0.15, -0.1) is 12.4 Å². The Bertz CT molecular complexity index is 903. The van der Waals surface area contributed by atoms with Crippen molar-refractivity contribution >= 4 is 53.0 Å². The van der Waals surface area contributed by atoms with Crippen LogP contribution in [0, 0.1) is 0 Å². The van der Waals surface area contributed by atoms with Gasteiger partial charge in [0.25, 0.3) is 5.91 Å². The molecule has 1 saturated heterocycles. The fourth-order valence-corrected chi connectivity index (χ4v) is 3.79. The molecule has 2 aliphatic rings. The van der Waals surface area contributed by atoms with Gasteiger partial charge in [-0.05, 0) is 48.7 Å². The molecule has 3 N–H and O–H groups in total. The fourth-order valence-electron chi connectivity index (χ4n) is 3.57. The first kappa shape index (κ1) is 19.3. The van der Waals surface area contributed by atoms with Crippen molar-refractivity contribution in [1.82, 2.24) is 5.32 Å². The van der Waals surface area contributed by atoms with Crippen molar-refractivity contribution < 1.29 is 9.59 Å². The van der Waals surface area contributed by atoms with Gasteiger partial charge in [0.05, 0.1) is 10.7 Å². The van der Waals surface area contributed by atoms with Gasteiger partial charge in [0.2, 0.25) is 0 Å². The van der Waals surface area contributed by atoms with E-state index in [-0.39, 0.29) is 24.3 Å². The Kier molecular flexibility index (Phi) is 5.48. The molecular formula is C19H20Cl2N4O2. The lowest BCUT2D eigenvalue weighted by atomic mass is 9.99. The van der Waals surface area contributed by atoms with Crippen molar-refractivity contribution in [3.63, 3.8) is 0 Å². The number of nitrogens with zero attached hydrogens (tertiary/aromatic N) is 2. The Labute approximate surface area is 168 Å². The van der Waals surface area contributed by atoms with Crippen molar-refractivity contribution in [1.29, 1.82) is 0 Å². The van der Waals surface area contributed by atoms with Gasteiger partial charge in [-0.3, -0.25) is 9.69 Å². The Morgan fingerprint density at radius 3 is 2.70 bits per heavy atom. The maximum Gasteiger partial charge on any atom is 0.322 e. The van der Waals surface area contributed by atoms with Crippen LogP contribution in [0.15, 0.2) is 36.4 Å². The van der Waals surface area contributed by atoms with Gasteiger partial charge < -0.3 is 16.0 Å². The highest BCUT2D eigenvalue weighted by atomic mass is 35.5. The van der Waals surface area contributed by atoms with Gasteiger partial charge in [-0.1, -0.05) is 17.7 Å². The maximum absolute atomic E-state index is 13.2. The van der Waals surface area contributed by atoms with Crippen LogP contribution in [0.25, 0.3) is 0 Å². The number of anilines is 3. The molecule has 0 spiro atoms. The zero-order valence-corrected chi connectivity index (χ0v) is 16.1. The summed E-state index contributed by atoms with van der Waals surface area (Å²) in [7, 11) is 0. The van der Waals surface area contributed by atoms with Crippen molar-refractivity contribution in [3.05, 3.63) is 52.5 Å². The predicted molar refractivity (Wildman–Crippen MR) is 110 cm³/mol. The van der Waals surface area contributed by atoms with E-state index in [1.165, 1.54) is 0 Å². The van der Waals surface area contributed by atoms with E-state index >= 15 is 0 Å². The van der Waals surface area contributed by atoms with Crippen LogP contribution in [0.5, 0.6) is 0 Å². The molecule has 4 rings (SSSR count). The number of hydrogen-bond donors (Lipinski definition) is 2. The van der Waals surface area contributed by atoms with Gasteiger partial charge in [0.15, 0.2) is 0 Å². The fraction of sp³-hybridized carbons (Fsp3) is 0.263. The first-order valence-electron chi connectivity index (χ1n) is 8.60. The van der Waals surface area contributed by atoms with Crippen molar-refractivity contribution in [2.75, 3.05) is 35.2 Å². The van der Waals surface area contributed by atoms with Gasteiger partial charge in [-0.25, -0.2) is 4.79 Å². The maximum atomic E-state index is 13.2. The summed E-state index contributed by atoms with van der Waals surface area (Å²) < 4.78 is 0. The molecule has 0 saturated carbocycles. The summed E-state index contributed by atoms with van der Waals surface area (Å²) in [5.41, 5.74) is 9.72. The average molecular weight is 407 g/mol. The minimum atomic E-state index is -0.201. The molecule has 2 aliphatic heterocycles. The summed E-state index contributed by atoms with van der Waals surface area (Å²) in [6.07, 6.45) is 1.73. The molecule has 0 bridgehead atoms. The highest BCUT2D eigenvalue weighted by molar-refractivity contribution is 6.34. The summed E-state index contributed by atoms with van der Waals surface area (Å²) in [6, 6.07) is 10.5. The zero-order valence-electron chi connectivity index (χ0n) is 14.6. The summed E-state index contributed by atoms with van der Waals surface area (Å²) in [6.45, 7) is 1.73. The third-order valence-electron chi connectivity index (χ3n) is 4.87. The lowest BCUT2D eigenvalue weighted by Crippen LogP contribution is -2.36. The van der Waals surface area contributed by atoms with Gasteiger partial charge in [-0.2, -0.15) is 0 Å². The smallest absolute Gasteiger partial charge is 0.322 e. The van der Waals surface area contributed by atoms with E-state index < -0.39 is 0 Å². The predicted octanol–water partition coefficient (Wildman–Crippen LogP) is 3.47. The van der Waals surface area contributed by atoms with Crippen LogP contribution in [0.3, 0.4) is 0 Å². The van der Waals surface area contributed by atoms with E-state index in [0.717, 1.165) is 24.1 Å². The number of amides is 3. The monoisotopic (exact) mass is 406 g/mol. The minimum absolute atomic E-state index is 0. The van der Waals surface area contributed by atoms with E-state index in [1.54, 1.807) is 28.0 Å². The zero-order chi connectivity index (χ0) is 18.3. The summed E-state index contributed by atoms with van der Waals surface area (Å²) >= 11 is 6.27. The van der Waals surface area contributed by atoms with E-state index in [4.69, 9.17) is 17.3 Å². The lowest BCUT2D eigenvalue weighted by molar-refractivity contribution is 0.0985. The Morgan fingerprint density at radius 2 is 1.96 bits per heavy atom. The van der Waals surface area contributed by atoms with E-state index in [9.17, 15) is 9.59 Å². The second-order valence-corrected chi connectivity index (χ2v) is 6.86. The molecule has 0 aliphatic carbocycles. The van der Waals surface area contributed by atoms with Crippen molar-refractivity contribution in [3.8, 4) is 0 Å². The molecule has 142 valence electrons. The molecular weight excluding hydrogens is 387 g/mol. The normalized spacial score (nSPS) is 15.8. The number of benzene rings is 2. The van der Waals surface area contributed by atoms with Crippen LogP contribution in [-0.4, -0.2) is 31.6 Å². The van der Waals surface area contributed by atoms with E-state index in [1.807, 2.05) is 18.2 Å². The van der Waals surface area contributed by atoms with Crippen LogP contribution in [0.4, 0.5) is 21.9 Å². The number of hydrogen-bond acceptors (Lipinski definition) is 3. The highest BCUT2D eigenvalue weighted by Gasteiger charge is 2.27. The average Bonchev–Trinajstić information content (AvgIpc) is 3.07. The molecule has 0 radical (unpaired) electrons. The first-order chi connectivity index (χ1) is 12.6. The summed E-state index contributed by atoms with van der Waals surface area (Å²) in [5.74, 6) is -0.117.